The Hall–Kier alpha value is -5.34. The average Bonchev–Trinajstić information content (AvgIpc) is 4.13. The maximum absolute atomic E-state index is 4.93. The van der Waals surface area contributed by atoms with Gasteiger partial charge in [0.1, 0.15) is 0 Å². The first-order valence-electron chi connectivity index (χ1n) is 24.6. The predicted molar refractivity (Wildman–Crippen MR) is 305 cm³/mol. The summed E-state index contributed by atoms with van der Waals surface area (Å²) in [6.07, 6.45) is 0. The Morgan fingerprint density at radius 2 is 0.800 bits per heavy atom. The molecular formula is C66H61Cl2SiZr-3. The second-order valence-corrected chi connectivity index (χ2v) is 24.3. The molecule has 1 heterocycles. The molecule has 0 aromatic heterocycles. The molecule has 350 valence electrons. The number of hydrogen-bond donors (Lipinski definition) is 0. The van der Waals surface area contributed by atoms with Gasteiger partial charge in [0.25, 0.3) is 0 Å². The first-order valence-corrected chi connectivity index (χ1v) is 31.9. The van der Waals surface area contributed by atoms with Gasteiger partial charge in [0.2, 0.25) is 0 Å². The summed E-state index contributed by atoms with van der Waals surface area (Å²) in [6.45, 7) is 18.3. The van der Waals surface area contributed by atoms with Crippen LogP contribution < -0.4 is 10.4 Å². The quantitative estimate of drug-likeness (QED) is 0.105. The van der Waals surface area contributed by atoms with E-state index < -0.39 is 20.8 Å². The summed E-state index contributed by atoms with van der Waals surface area (Å²) in [5.74, 6) is 1.97. The van der Waals surface area contributed by atoms with Gasteiger partial charge in [-0.15, -0.1) is 74.6 Å². The molecule has 0 atom stereocenters. The van der Waals surface area contributed by atoms with Crippen LogP contribution in [0.5, 0.6) is 0 Å². The van der Waals surface area contributed by atoms with Crippen molar-refractivity contribution in [1.29, 1.82) is 0 Å². The molecule has 0 saturated heterocycles. The zero-order valence-electron chi connectivity index (χ0n) is 41.6. The van der Waals surface area contributed by atoms with Crippen molar-refractivity contribution < 1.29 is 20.8 Å². The van der Waals surface area contributed by atoms with Crippen LogP contribution >= 0.6 is 17.0 Å². The van der Waals surface area contributed by atoms with E-state index in [1.165, 1.54) is 110 Å². The van der Waals surface area contributed by atoms with Crippen LogP contribution in [0.4, 0.5) is 0 Å². The van der Waals surface area contributed by atoms with E-state index in [4.69, 9.17) is 17.0 Å². The number of fused-ring (bicyclic) bond motifs is 5. The molecule has 0 fully saturated rings. The minimum absolute atomic E-state index is 0.486. The minimum Gasteiger partial charge on any atom is -0.184 e. The number of hydrogen-bond acceptors (Lipinski definition) is 0. The topological polar surface area (TPSA) is 0 Å². The molecule has 0 bridgehead atoms. The molecule has 0 unspecified atom stereocenters. The van der Waals surface area contributed by atoms with Crippen LogP contribution in [-0.4, -0.2) is 9.52 Å². The summed E-state index contributed by atoms with van der Waals surface area (Å²) in [5.41, 5.74) is 19.2. The summed E-state index contributed by atoms with van der Waals surface area (Å²) in [4.78, 5) is 0. The Morgan fingerprint density at radius 3 is 1.24 bits per heavy atom. The molecule has 11 rings (SSSR count). The Kier molecular flexibility index (Phi) is 17.3. The maximum Gasteiger partial charge on any atom is 0.0920 e. The third kappa shape index (κ3) is 11.4. The molecule has 0 N–H and O–H groups in total. The normalized spacial score (nSPS) is 11.5. The Labute approximate surface area is 439 Å². The average molecular weight is 1040 g/mol. The molecule has 0 aliphatic carbocycles. The van der Waals surface area contributed by atoms with E-state index in [-0.39, 0.29) is 0 Å². The fourth-order valence-electron chi connectivity index (χ4n) is 9.94. The van der Waals surface area contributed by atoms with Crippen LogP contribution in [0.2, 0.25) is 0 Å². The van der Waals surface area contributed by atoms with Crippen molar-refractivity contribution in [1.82, 2.24) is 0 Å². The molecule has 10 aromatic rings. The van der Waals surface area contributed by atoms with Crippen molar-refractivity contribution >= 4 is 58.5 Å². The second-order valence-electron chi connectivity index (χ2n) is 19.3. The molecule has 4 heteroatoms. The van der Waals surface area contributed by atoms with E-state index >= 15 is 0 Å². The summed E-state index contributed by atoms with van der Waals surface area (Å²) < 4.78 is 0. The van der Waals surface area contributed by atoms with E-state index in [0.717, 1.165) is 9.52 Å². The van der Waals surface area contributed by atoms with Gasteiger partial charge in [-0.1, -0.05) is 234 Å². The number of halogens is 2. The third-order valence-corrected chi connectivity index (χ3v) is 14.7. The first-order chi connectivity index (χ1) is 34.0. The van der Waals surface area contributed by atoms with Crippen LogP contribution in [-0.2, 0) is 20.8 Å². The van der Waals surface area contributed by atoms with Gasteiger partial charge >= 0.3 is 37.9 Å². The zero-order valence-corrected chi connectivity index (χ0v) is 46.6. The minimum atomic E-state index is -0.826. The van der Waals surface area contributed by atoms with Crippen LogP contribution in [0.1, 0.15) is 101 Å². The van der Waals surface area contributed by atoms with Gasteiger partial charge in [-0.3, -0.25) is 0 Å². The van der Waals surface area contributed by atoms with Gasteiger partial charge in [-0.2, -0.15) is 29.5 Å². The second kappa shape index (κ2) is 23.7. The first kappa shape index (κ1) is 51.0. The molecular weight excluding hydrogens is 983 g/mol. The fourth-order valence-corrected chi connectivity index (χ4v) is 11.2. The zero-order chi connectivity index (χ0) is 49.3. The molecule has 0 saturated carbocycles. The van der Waals surface area contributed by atoms with Gasteiger partial charge < -0.3 is 0 Å². The van der Waals surface area contributed by atoms with Gasteiger partial charge in [0, 0.05) is 0 Å². The van der Waals surface area contributed by atoms with E-state index in [1.54, 1.807) is 0 Å². The van der Waals surface area contributed by atoms with E-state index in [2.05, 4.69) is 256 Å². The van der Waals surface area contributed by atoms with Crippen LogP contribution in [0.15, 0.2) is 200 Å². The Balaban J connectivity index is 0.000000144. The number of benzene rings is 8. The van der Waals surface area contributed by atoms with Crippen molar-refractivity contribution in [2.24, 2.45) is 0 Å². The Morgan fingerprint density at radius 1 is 0.414 bits per heavy atom. The van der Waals surface area contributed by atoms with Crippen molar-refractivity contribution in [2.75, 3.05) is 0 Å². The number of rotatable bonds is 8. The molecule has 0 nitrogen and oxygen atoms in total. The smallest absolute Gasteiger partial charge is 0.0920 e. The third-order valence-electron chi connectivity index (χ3n) is 13.3. The molecule has 70 heavy (non-hydrogen) atoms. The molecule has 1 aliphatic heterocycles. The van der Waals surface area contributed by atoms with Crippen LogP contribution in [0.25, 0.3) is 77.2 Å². The van der Waals surface area contributed by atoms with Gasteiger partial charge in [0.15, 0.2) is 0 Å². The predicted octanol–water partition coefficient (Wildman–Crippen LogP) is 18.8. The van der Waals surface area contributed by atoms with Gasteiger partial charge in [-0.25, -0.2) is 0 Å². The van der Waals surface area contributed by atoms with Gasteiger partial charge in [-0.05, 0) is 57.1 Å². The van der Waals surface area contributed by atoms with E-state index in [1.807, 2.05) is 6.07 Å². The molecule has 0 amide bonds. The summed E-state index contributed by atoms with van der Waals surface area (Å²) in [7, 11) is 10.7. The monoisotopic (exact) mass is 1040 g/mol. The standard InChI is InChI=1S/2C27H27.C12H7Si.2ClH.Zr/c2*1-18(2)23-12-8-9-13-25(23)27-24(19(3)4)15-14-21-16-22(17-26(21)27)20-10-6-5-7-11-20;1-3-7-11-9(5-1)10-6-2-4-8-12(10)13-11;;;/h2*5-19H,1-4H3;1-7H;2*1H;/q3*-1;;;+2/p-2. The van der Waals surface area contributed by atoms with Crippen molar-refractivity contribution in [3.63, 3.8) is 0 Å². The van der Waals surface area contributed by atoms with E-state index in [9.17, 15) is 0 Å². The molecule has 1 aliphatic rings. The summed E-state index contributed by atoms with van der Waals surface area (Å²) in [5, 5.41) is 8.21. The largest absolute Gasteiger partial charge is 0.184 e. The molecule has 10 aromatic carbocycles. The summed E-state index contributed by atoms with van der Waals surface area (Å²) >= 11 is -0.826. The van der Waals surface area contributed by atoms with Crippen molar-refractivity contribution in [3.8, 4) is 55.6 Å². The molecule has 0 spiro atoms. The van der Waals surface area contributed by atoms with Crippen LogP contribution in [0, 0.1) is 6.07 Å². The van der Waals surface area contributed by atoms with Crippen molar-refractivity contribution in [2.45, 2.75) is 79.1 Å². The van der Waals surface area contributed by atoms with E-state index in [0.29, 0.717) is 23.7 Å². The Bertz CT molecular complexity index is 3080. The summed E-state index contributed by atoms with van der Waals surface area (Å²) in [6, 6.07) is 76.0. The van der Waals surface area contributed by atoms with Crippen LogP contribution in [0.3, 0.4) is 0 Å². The fraction of sp³-hybridized carbons (Fsp3) is 0.182. The molecule has 2 radical (unpaired) electrons. The SMILES string of the molecule is CC(C)c1ccccc1-c1c(C(C)C)ccc2[cH-]c(-c3ccccc3)cc12.CC(C)c1ccccc1-c1c(C(C)C)ccc2[cH-]c(-c3ccccc3)cc12.[Cl][Zr][Cl].[c-]1cccc2c1[Si]c1ccccc1-2. The maximum atomic E-state index is 4.93. The van der Waals surface area contributed by atoms with Crippen molar-refractivity contribution in [3.05, 3.63) is 229 Å². The van der Waals surface area contributed by atoms with Gasteiger partial charge in [0.05, 0.1) is 9.52 Å².